The van der Waals surface area contributed by atoms with Crippen LogP contribution >= 0.6 is 11.6 Å². The number of likely N-dealkylation sites (tertiary alicyclic amines) is 1. The van der Waals surface area contributed by atoms with Crippen molar-refractivity contribution in [1.82, 2.24) is 4.90 Å². The fraction of sp³-hybridized carbons (Fsp3) is 0.375. The average Bonchev–Trinajstić information content (AvgIpc) is 2.38. The highest BCUT2D eigenvalue weighted by molar-refractivity contribution is 6.31. The van der Waals surface area contributed by atoms with Crippen molar-refractivity contribution in [1.29, 1.82) is 0 Å². The Morgan fingerprint density at radius 1 is 1.43 bits per heavy atom. The molecule has 0 saturated carbocycles. The molecule has 1 fully saturated rings. The Hall–Kier alpha value is -1.81. The molecule has 1 heterocycles. The number of benzene rings is 1. The summed E-state index contributed by atoms with van der Waals surface area (Å²) in [7, 11) is 0. The summed E-state index contributed by atoms with van der Waals surface area (Å²) in [4.78, 5) is 24.4. The van der Waals surface area contributed by atoms with Crippen molar-refractivity contribution < 1.29 is 14.7 Å². The molecule has 1 aliphatic rings. The van der Waals surface area contributed by atoms with E-state index in [0.717, 1.165) is 11.1 Å². The second-order valence-electron chi connectivity index (χ2n) is 5.47. The molecule has 1 saturated heterocycles. The van der Waals surface area contributed by atoms with Gasteiger partial charge in [-0.2, -0.15) is 0 Å². The highest BCUT2D eigenvalue weighted by Crippen LogP contribution is 2.24. The van der Waals surface area contributed by atoms with Crippen molar-refractivity contribution in [3.63, 3.8) is 0 Å². The Morgan fingerprint density at radius 3 is 2.67 bits per heavy atom. The lowest BCUT2D eigenvalue weighted by atomic mass is 9.87. The maximum Gasteiger partial charge on any atom is 0.306 e. The number of rotatable bonds is 4. The first-order chi connectivity index (χ1) is 9.88. The fourth-order valence-corrected chi connectivity index (χ4v) is 2.39. The molecule has 2 rings (SSSR count). The van der Waals surface area contributed by atoms with E-state index in [1.807, 2.05) is 25.1 Å². The molecule has 1 aliphatic heterocycles. The molecule has 112 valence electrons. The summed E-state index contributed by atoms with van der Waals surface area (Å²) >= 11 is 6.03. The van der Waals surface area contributed by atoms with Gasteiger partial charge in [-0.15, -0.1) is 0 Å². The van der Waals surface area contributed by atoms with E-state index in [2.05, 4.69) is 0 Å². The number of hydrogen-bond acceptors (Lipinski definition) is 2. The first kappa shape index (κ1) is 15.6. The van der Waals surface area contributed by atoms with E-state index < -0.39 is 11.9 Å². The van der Waals surface area contributed by atoms with Gasteiger partial charge in [-0.25, -0.2) is 0 Å². The minimum Gasteiger partial charge on any atom is -0.481 e. The Morgan fingerprint density at radius 2 is 2.10 bits per heavy atom. The van der Waals surface area contributed by atoms with Crippen LogP contribution in [0.4, 0.5) is 0 Å². The van der Waals surface area contributed by atoms with Crippen molar-refractivity contribution in [2.24, 2.45) is 11.8 Å². The molecule has 0 spiro atoms. The van der Waals surface area contributed by atoms with E-state index in [4.69, 9.17) is 16.7 Å². The zero-order valence-electron chi connectivity index (χ0n) is 12.0. The van der Waals surface area contributed by atoms with Gasteiger partial charge in [0.15, 0.2) is 0 Å². The lowest BCUT2D eigenvalue weighted by molar-refractivity contribution is -0.148. The molecule has 4 nitrogen and oxygen atoms in total. The summed E-state index contributed by atoms with van der Waals surface area (Å²) < 4.78 is 0. The number of aryl methyl sites for hydroxylation is 1. The zero-order valence-corrected chi connectivity index (χ0v) is 12.8. The predicted octanol–water partition coefficient (Wildman–Crippen LogP) is 2.84. The highest BCUT2D eigenvalue weighted by atomic mass is 35.5. The topological polar surface area (TPSA) is 57.6 Å². The van der Waals surface area contributed by atoms with E-state index in [1.54, 1.807) is 17.9 Å². The number of nitrogens with zero attached hydrogens (tertiary/aromatic N) is 1. The Balaban J connectivity index is 1.90. The summed E-state index contributed by atoms with van der Waals surface area (Å²) in [5.41, 5.74) is 1.86. The van der Waals surface area contributed by atoms with Crippen LogP contribution in [0.1, 0.15) is 18.1 Å². The van der Waals surface area contributed by atoms with Crippen LogP contribution in [0.2, 0.25) is 5.02 Å². The predicted molar refractivity (Wildman–Crippen MR) is 82.1 cm³/mol. The largest absolute Gasteiger partial charge is 0.481 e. The van der Waals surface area contributed by atoms with Crippen molar-refractivity contribution in [2.75, 3.05) is 13.1 Å². The van der Waals surface area contributed by atoms with Crippen LogP contribution in [0.15, 0.2) is 24.3 Å². The molecule has 1 unspecified atom stereocenters. The summed E-state index contributed by atoms with van der Waals surface area (Å²) in [6, 6.07) is 5.61. The second-order valence-corrected chi connectivity index (χ2v) is 5.88. The first-order valence-corrected chi connectivity index (χ1v) is 7.22. The normalized spacial score (nSPS) is 16.8. The molecule has 21 heavy (non-hydrogen) atoms. The van der Waals surface area contributed by atoms with Gasteiger partial charge in [0, 0.05) is 30.1 Å². The van der Waals surface area contributed by atoms with E-state index >= 15 is 0 Å². The zero-order chi connectivity index (χ0) is 15.6. The van der Waals surface area contributed by atoms with Crippen molar-refractivity contribution in [3.05, 3.63) is 40.4 Å². The van der Waals surface area contributed by atoms with E-state index in [9.17, 15) is 9.59 Å². The van der Waals surface area contributed by atoms with Crippen LogP contribution in [-0.2, 0) is 9.59 Å². The molecule has 0 aromatic heterocycles. The molecular formula is C16H18ClNO3. The lowest BCUT2D eigenvalue weighted by Crippen LogP contribution is -2.53. The molecule has 1 amide bonds. The van der Waals surface area contributed by atoms with Crippen LogP contribution in [0.5, 0.6) is 0 Å². The smallest absolute Gasteiger partial charge is 0.306 e. The number of carboxylic acid groups (broad SMARTS) is 1. The van der Waals surface area contributed by atoms with Gasteiger partial charge in [-0.1, -0.05) is 30.7 Å². The molecular weight excluding hydrogens is 290 g/mol. The van der Waals surface area contributed by atoms with E-state index in [0.29, 0.717) is 18.1 Å². The van der Waals surface area contributed by atoms with E-state index in [-0.39, 0.29) is 11.8 Å². The van der Waals surface area contributed by atoms with Gasteiger partial charge in [-0.05, 0) is 30.2 Å². The average molecular weight is 308 g/mol. The van der Waals surface area contributed by atoms with Gasteiger partial charge < -0.3 is 10.0 Å². The number of aliphatic carboxylic acids is 1. The number of carboxylic acids is 1. The fourth-order valence-electron chi connectivity index (χ4n) is 2.20. The molecule has 1 atom stereocenters. The maximum absolute atomic E-state index is 11.9. The molecule has 0 radical (unpaired) electrons. The summed E-state index contributed by atoms with van der Waals surface area (Å²) in [5.74, 6) is -1.26. The summed E-state index contributed by atoms with van der Waals surface area (Å²) in [6.07, 6.45) is 3.23. The SMILES string of the molecule is Cc1ccc(/C=C/C(=O)N2CC(C(C)C(=O)O)C2)cc1Cl. The van der Waals surface area contributed by atoms with Crippen LogP contribution in [-0.4, -0.2) is 35.0 Å². The van der Waals surface area contributed by atoms with Gasteiger partial charge in [0.1, 0.15) is 0 Å². The number of carbonyl (C=O) groups excluding carboxylic acids is 1. The van der Waals surface area contributed by atoms with Gasteiger partial charge in [0.25, 0.3) is 0 Å². The quantitative estimate of drug-likeness (QED) is 0.870. The van der Waals surface area contributed by atoms with Crippen molar-refractivity contribution >= 4 is 29.6 Å². The molecule has 1 N–H and O–H groups in total. The standard InChI is InChI=1S/C16H18ClNO3/c1-10-3-4-12(7-14(10)17)5-6-15(19)18-8-13(9-18)11(2)16(20)21/h3-7,11,13H,8-9H2,1-2H3,(H,20,21)/b6-5+. The van der Waals surface area contributed by atoms with Crippen molar-refractivity contribution in [3.8, 4) is 0 Å². The summed E-state index contributed by atoms with van der Waals surface area (Å²) in [5, 5.41) is 9.58. The Labute approximate surface area is 129 Å². The lowest BCUT2D eigenvalue weighted by Gasteiger charge is -2.40. The van der Waals surface area contributed by atoms with Crippen LogP contribution < -0.4 is 0 Å². The minimum atomic E-state index is -0.808. The maximum atomic E-state index is 11.9. The van der Waals surface area contributed by atoms with Crippen molar-refractivity contribution in [2.45, 2.75) is 13.8 Å². The van der Waals surface area contributed by atoms with E-state index in [1.165, 1.54) is 6.08 Å². The minimum absolute atomic E-state index is 0.0497. The Bertz CT molecular complexity index is 591. The molecule has 1 aromatic rings. The van der Waals surface area contributed by atoms with Crippen LogP contribution in [0, 0.1) is 18.8 Å². The van der Waals surface area contributed by atoms with Gasteiger partial charge in [0.2, 0.25) is 5.91 Å². The molecule has 0 aliphatic carbocycles. The highest BCUT2D eigenvalue weighted by Gasteiger charge is 2.36. The Kier molecular flexibility index (Phi) is 4.68. The number of hydrogen-bond donors (Lipinski definition) is 1. The summed E-state index contributed by atoms with van der Waals surface area (Å²) in [6.45, 7) is 4.61. The van der Waals surface area contributed by atoms with Gasteiger partial charge >= 0.3 is 5.97 Å². The third-order valence-electron chi connectivity index (χ3n) is 3.93. The van der Waals surface area contributed by atoms with Crippen LogP contribution in [0.3, 0.4) is 0 Å². The third kappa shape index (κ3) is 3.64. The monoisotopic (exact) mass is 307 g/mol. The van der Waals surface area contributed by atoms with Crippen LogP contribution in [0.25, 0.3) is 6.08 Å². The number of amides is 1. The molecule has 5 heteroatoms. The number of halogens is 1. The molecule has 0 bridgehead atoms. The first-order valence-electron chi connectivity index (χ1n) is 6.84. The van der Waals surface area contributed by atoms with Gasteiger partial charge in [-0.3, -0.25) is 9.59 Å². The van der Waals surface area contributed by atoms with Gasteiger partial charge in [0.05, 0.1) is 5.92 Å². The second kappa shape index (κ2) is 6.31. The molecule has 1 aromatic carbocycles. The number of carbonyl (C=O) groups is 2. The third-order valence-corrected chi connectivity index (χ3v) is 4.34.